The van der Waals surface area contributed by atoms with Gasteiger partial charge in [-0.15, -0.1) is 0 Å². The predicted octanol–water partition coefficient (Wildman–Crippen LogP) is 4.13. The Kier molecular flexibility index (Phi) is 6.35. The highest BCUT2D eigenvalue weighted by Gasteiger charge is 2.16. The van der Waals surface area contributed by atoms with E-state index in [-0.39, 0.29) is 26.1 Å². The maximum absolute atomic E-state index is 13.9. The molecule has 3 rings (SSSR count). The zero-order valence-corrected chi connectivity index (χ0v) is 17.6. The minimum absolute atomic E-state index is 0.0123. The third kappa shape index (κ3) is 5.43. The topological polar surface area (TPSA) is 96.0 Å². The molecule has 0 atom stereocenters. The second kappa shape index (κ2) is 8.76. The summed E-state index contributed by atoms with van der Waals surface area (Å²) in [7, 11) is -3.86. The summed E-state index contributed by atoms with van der Waals surface area (Å²) in [5.41, 5.74) is 0.422. The molecule has 0 aliphatic carbocycles. The molecule has 0 aliphatic rings. The number of nitrogens with one attached hydrogen (secondary N) is 3. The minimum Gasteiger partial charge on any atom is -0.332 e. The molecule has 150 valence electrons. The lowest BCUT2D eigenvalue weighted by Gasteiger charge is -2.13. The van der Waals surface area contributed by atoms with Crippen LogP contribution in [-0.4, -0.2) is 23.5 Å². The van der Waals surface area contributed by atoms with Crippen LogP contribution in [0.5, 0.6) is 0 Å². The SMILES string of the molecule is O=S(=O)(Nc1ncccn1)c1ccc(NC(=S)Nc2c(F)cc(F)cc2Br)cc1. The molecule has 3 N–H and O–H groups in total. The van der Waals surface area contributed by atoms with Crippen molar-refractivity contribution in [3.63, 3.8) is 0 Å². The summed E-state index contributed by atoms with van der Waals surface area (Å²) in [5, 5.41) is 5.43. The van der Waals surface area contributed by atoms with Crippen LogP contribution in [0.1, 0.15) is 0 Å². The molecule has 0 unspecified atom stereocenters. The van der Waals surface area contributed by atoms with Gasteiger partial charge in [0.1, 0.15) is 5.82 Å². The minimum atomic E-state index is -3.86. The number of aromatic nitrogens is 2. The molecule has 0 amide bonds. The van der Waals surface area contributed by atoms with Gasteiger partial charge in [0.05, 0.1) is 10.6 Å². The number of hydrogen-bond acceptors (Lipinski definition) is 5. The van der Waals surface area contributed by atoms with Crippen molar-refractivity contribution in [1.82, 2.24) is 9.97 Å². The number of thiocarbonyl (C=S) groups is 1. The fraction of sp³-hybridized carbons (Fsp3) is 0. The van der Waals surface area contributed by atoms with Gasteiger partial charge in [-0.2, -0.15) is 0 Å². The number of benzene rings is 2. The molecule has 2 aromatic carbocycles. The van der Waals surface area contributed by atoms with Gasteiger partial charge < -0.3 is 10.6 Å². The summed E-state index contributed by atoms with van der Waals surface area (Å²) in [6, 6.07) is 9.03. The van der Waals surface area contributed by atoms with Crippen LogP contribution in [0.15, 0.2) is 64.2 Å². The van der Waals surface area contributed by atoms with Crippen molar-refractivity contribution in [3.05, 3.63) is 71.0 Å². The number of rotatable bonds is 5. The largest absolute Gasteiger partial charge is 0.332 e. The highest BCUT2D eigenvalue weighted by molar-refractivity contribution is 9.10. The van der Waals surface area contributed by atoms with Gasteiger partial charge in [-0.05, 0) is 64.5 Å². The first-order chi connectivity index (χ1) is 13.7. The zero-order valence-electron chi connectivity index (χ0n) is 14.4. The normalized spacial score (nSPS) is 11.0. The first-order valence-corrected chi connectivity index (χ1v) is 10.6. The van der Waals surface area contributed by atoms with E-state index in [2.05, 4.69) is 41.3 Å². The summed E-state index contributed by atoms with van der Waals surface area (Å²) in [6.07, 6.45) is 2.82. The number of nitrogens with zero attached hydrogens (tertiary/aromatic N) is 2. The van der Waals surface area contributed by atoms with Crippen molar-refractivity contribution in [2.24, 2.45) is 0 Å². The lowest BCUT2D eigenvalue weighted by Crippen LogP contribution is -2.20. The first kappa shape index (κ1) is 21.0. The highest BCUT2D eigenvalue weighted by Crippen LogP contribution is 2.27. The molecule has 0 bridgehead atoms. The molecule has 0 aliphatic heterocycles. The zero-order chi connectivity index (χ0) is 21.0. The quantitative estimate of drug-likeness (QED) is 0.454. The van der Waals surface area contributed by atoms with Crippen LogP contribution in [0.3, 0.4) is 0 Å². The third-order valence-corrected chi connectivity index (χ3v) is 5.63. The monoisotopic (exact) mass is 499 g/mol. The second-order valence-corrected chi connectivity index (χ2v) is 8.47. The van der Waals surface area contributed by atoms with Gasteiger partial charge in [-0.3, -0.25) is 0 Å². The summed E-state index contributed by atoms with van der Waals surface area (Å²) in [6.45, 7) is 0. The van der Waals surface area contributed by atoms with E-state index in [4.69, 9.17) is 12.2 Å². The van der Waals surface area contributed by atoms with Crippen LogP contribution in [-0.2, 0) is 10.0 Å². The van der Waals surface area contributed by atoms with Crippen molar-refractivity contribution in [3.8, 4) is 0 Å². The van der Waals surface area contributed by atoms with E-state index in [0.29, 0.717) is 5.69 Å². The number of hydrogen-bond donors (Lipinski definition) is 3. The van der Waals surface area contributed by atoms with E-state index < -0.39 is 21.7 Å². The van der Waals surface area contributed by atoms with E-state index in [1.54, 1.807) is 6.07 Å². The third-order valence-electron chi connectivity index (χ3n) is 3.46. The molecule has 1 aromatic heterocycles. The molecule has 12 heteroatoms. The van der Waals surface area contributed by atoms with Gasteiger partial charge in [-0.25, -0.2) is 31.9 Å². The number of halogens is 3. The Morgan fingerprint density at radius 1 is 1.03 bits per heavy atom. The van der Waals surface area contributed by atoms with Crippen LogP contribution >= 0.6 is 28.1 Å². The average molecular weight is 500 g/mol. The maximum atomic E-state index is 13.9. The van der Waals surface area contributed by atoms with Crippen molar-refractivity contribution >= 4 is 60.6 Å². The van der Waals surface area contributed by atoms with Crippen LogP contribution in [0.4, 0.5) is 26.1 Å². The molecule has 0 spiro atoms. The van der Waals surface area contributed by atoms with Crippen molar-refractivity contribution in [1.29, 1.82) is 0 Å². The van der Waals surface area contributed by atoms with Crippen LogP contribution in [0.25, 0.3) is 0 Å². The summed E-state index contributed by atoms with van der Waals surface area (Å²) in [5.74, 6) is -1.60. The van der Waals surface area contributed by atoms with E-state index in [1.807, 2.05) is 0 Å². The molecule has 0 radical (unpaired) electrons. The van der Waals surface area contributed by atoms with Gasteiger partial charge in [0.15, 0.2) is 10.9 Å². The summed E-state index contributed by atoms with van der Waals surface area (Å²) >= 11 is 8.17. The Hall–Kier alpha value is -2.70. The Bertz CT molecular complexity index is 1120. The number of sulfonamides is 1. The fourth-order valence-electron chi connectivity index (χ4n) is 2.19. The Morgan fingerprint density at radius 2 is 1.69 bits per heavy atom. The van der Waals surface area contributed by atoms with Gasteiger partial charge in [-0.1, -0.05) is 0 Å². The molecular formula is C17H12BrF2N5O2S2. The van der Waals surface area contributed by atoms with E-state index in [0.717, 1.165) is 12.1 Å². The molecule has 7 nitrogen and oxygen atoms in total. The van der Waals surface area contributed by atoms with Crippen molar-refractivity contribution < 1.29 is 17.2 Å². The molecule has 29 heavy (non-hydrogen) atoms. The summed E-state index contributed by atoms with van der Waals surface area (Å²) in [4.78, 5) is 7.61. The Morgan fingerprint density at radius 3 is 2.31 bits per heavy atom. The van der Waals surface area contributed by atoms with E-state index >= 15 is 0 Å². The lowest BCUT2D eigenvalue weighted by atomic mass is 10.3. The Balaban J connectivity index is 1.68. The van der Waals surface area contributed by atoms with Crippen LogP contribution < -0.4 is 15.4 Å². The standard InChI is InChI=1S/C17H12BrF2N5O2S2/c18-13-8-10(19)9-14(20)15(13)24-17(28)23-11-2-4-12(5-3-11)29(26,27)25-16-21-6-1-7-22-16/h1-9H,(H,21,22,25)(H2,23,24,28). The predicted molar refractivity (Wildman–Crippen MR) is 113 cm³/mol. The summed E-state index contributed by atoms with van der Waals surface area (Å²) < 4.78 is 54.1. The highest BCUT2D eigenvalue weighted by atomic mass is 79.9. The second-order valence-electron chi connectivity index (χ2n) is 5.53. The Labute approximate surface area is 178 Å². The fourth-order valence-corrected chi connectivity index (χ4v) is 3.87. The first-order valence-electron chi connectivity index (χ1n) is 7.87. The van der Waals surface area contributed by atoms with Crippen molar-refractivity contribution in [2.75, 3.05) is 15.4 Å². The number of anilines is 3. The van der Waals surface area contributed by atoms with Gasteiger partial charge >= 0.3 is 0 Å². The van der Waals surface area contributed by atoms with Gasteiger partial charge in [0.2, 0.25) is 5.95 Å². The van der Waals surface area contributed by atoms with E-state index in [1.165, 1.54) is 36.7 Å². The van der Waals surface area contributed by atoms with Crippen LogP contribution in [0.2, 0.25) is 0 Å². The lowest BCUT2D eigenvalue weighted by molar-refractivity contribution is 0.585. The molecule has 0 fully saturated rings. The van der Waals surface area contributed by atoms with Gasteiger partial charge in [0, 0.05) is 28.6 Å². The van der Waals surface area contributed by atoms with Crippen molar-refractivity contribution in [2.45, 2.75) is 4.90 Å². The van der Waals surface area contributed by atoms with E-state index in [9.17, 15) is 17.2 Å². The maximum Gasteiger partial charge on any atom is 0.264 e. The van der Waals surface area contributed by atoms with Crippen LogP contribution in [0, 0.1) is 11.6 Å². The molecule has 3 aromatic rings. The average Bonchev–Trinajstić information content (AvgIpc) is 2.65. The molecule has 0 saturated carbocycles. The molecular weight excluding hydrogens is 488 g/mol. The molecule has 1 heterocycles. The molecule has 0 saturated heterocycles. The van der Waals surface area contributed by atoms with Gasteiger partial charge in [0.25, 0.3) is 10.0 Å². The smallest absolute Gasteiger partial charge is 0.264 e.